The lowest BCUT2D eigenvalue weighted by molar-refractivity contribution is 0.284. The predicted molar refractivity (Wildman–Crippen MR) is 80.2 cm³/mol. The van der Waals surface area contributed by atoms with Gasteiger partial charge in [-0.15, -0.1) is 0 Å². The lowest BCUT2D eigenvalue weighted by Gasteiger charge is -2.16. The Morgan fingerprint density at radius 2 is 1.84 bits per heavy atom. The van der Waals surface area contributed by atoms with Crippen molar-refractivity contribution < 1.29 is 9.47 Å². The molecular formula is C16H27NO2. The van der Waals surface area contributed by atoms with Crippen LogP contribution in [0.1, 0.15) is 39.2 Å². The Morgan fingerprint density at radius 3 is 2.42 bits per heavy atom. The molecule has 3 heteroatoms. The number of rotatable bonds is 9. The fourth-order valence-corrected chi connectivity index (χ4v) is 2.05. The van der Waals surface area contributed by atoms with Crippen LogP contribution in [0, 0.1) is 0 Å². The Balaban J connectivity index is 2.44. The maximum Gasteiger partial charge on any atom is 0.161 e. The highest BCUT2D eigenvalue weighted by Crippen LogP contribution is 2.28. The molecule has 0 aromatic heterocycles. The minimum Gasteiger partial charge on any atom is -0.493 e. The molecular weight excluding hydrogens is 238 g/mol. The van der Waals surface area contributed by atoms with E-state index < -0.39 is 0 Å². The molecule has 1 N–H and O–H groups in total. The molecule has 1 aromatic rings. The Kier molecular flexibility index (Phi) is 7.34. The summed E-state index contributed by atoms with van der Waals surface area (Å²) in [6.45, 7) is 8.07. The van der Waals surface area contributed by atoms with E-state index in [1.54, 1.807) is 7.11 Å². The number of benzene rings is 1. The Hall–Kier alpha value is -1.22. The quantitative estimate of drug-likeness (QED) is 0.694. The van der Waals surface area contributed by atoms with E-state index in [1.807, 2.05) is 12.1 Å². The van der Waals surface area contributed by atoms with Crippen LogP contribution in [0.5, 0.6) is 11.5 Å². The summed E-state index contributed by atoms with van der Waals surface area (Å²) in [5.74, 6) is 1.65. The standard InChI is InChI=1S/C16H27NO2/c1-5-13-8-9-15(16(12-13)18-4)19-11-10-17-14(6-2)7-3/h8-9,12,14,17H,5-7,10-11H2,1-4H3. The van der Waals surface area contributed by atoms with Crippen LogP contribution in [0.2, 0.25) is 0 Å². The molecule has 0 bridgehead atoms. The third-order valence-electron chi connectivity index (χ3n) is 3.41. The van der Waals surface area contributed by atoms with Crippen LogP contribution in [0.4, 0.5) is 0 Å². The van der Waals surface area contributed by atoms with Crippen molar-refractivity contribution in [3.05, 3.63) is 23.8 Å². The molecule has 0 radical (unpaired) electrons. The van der Waals surface area contributed by atoms with Crippen LogP contribution in [-0.2, 0) is 6.42 Å². The second-order valence-corrected chi connectivity index (χ2v) is 4.65. The second kappa shape index (κ2) is 8.81. The second-order valence-electron chi connectivity index (χ2n) is 4.65. The first-order valence-corrected chi connectivity index (χ1v) is 7.28. The van der Waals surface area contributed by atoms with Gasteiger partial charge in [-0.05, 0) is 37.0 Å². The Bertz CT molecular complexity index is 362. The van der Waals surface area contributed by atoms with Crippen LogP contribution in [0.3, 0.4) is 0 Å². The van der Waals surface area contributed by atoms with Gasteiger partial charge in [0.15, 0.2) is 11.5 Å². The smallest absolute Gasteiger partial charge is 0.161 e. The van der Waals surface area contributed by atoms with Crippen LogP contribution in [0.15, 0.2) is 18.2 Å². The third-order valence-corrected chi connectivity index (χ3v) is 3.41. The summed E-state index contributed by atoms with van der Waals surface area (Å²) in [6, 6.07) is 6.72. The number of aryl methyl sites for hydroxylation is 1. The van der Waals surface area contributed by atoms with Crippen molar-refractivity contribution in [2.45, 2.75) is 46.1 Å². The summed E-state index contributed by atoms with van der Waals surface area (Å²) >= 11 is 0. The average molecular weight is 265 g/mol. The minimum atomic E-state index is 0.591. The maximum absolute atomic E-state index is 5.78. The van der Waals surface area contributed by atoms with Gasteiger partial charge in [-0.1, -0.05) is 26.8 Å². The zero-order valence-electron chi connectivity index (χ0n) is 12.7. The first-order chi connectivity index (χ1) is 9.24. The van der Waals surface area contributed by atoms with Crippen LogP contribution in [0.25, 0.3) is 0 Å². The van der Waals surface area contributed by atoms with E-state index >= 15 is 0 Å². The number of hydrogen-bond donors (Lipinski definition) is 1. The normalized spacial score (nSPS) is 10.8. The summed E-state index contributed by atoms with van der Waals surface area (Å²) < 4.78 is 11.1. The van der Waals surface area contributed by atoms with Crippen molar-refractivity contribution >= 4 is 0 Å². The van der Waals surface area contributed by atoms with Gasteiger partial charge in [-0.25, -0.2) is 0 Å². The van der Waals surface area contributed by atoms with Gasteiger partial charge in [-0.3, -0.25) is 0 Å². The minimum absolute atomic E-state index is 0.591. The van der Waals surface area contributed by atoms with Gasteiger partial charge in [0.1, 0.15) is 6.61 Å². The number of nitrogens with one attached hydrogen (secondary N) is 1. The van der Waals surface area contributed by atoms with Gasteiger partial charge in [-0.2, -0.15) is 0 Å². The van der Waals surface area contributed by atoms with Gasteiger partial charge in [0, 0.05) is 12.6 Å². The fourth-order valence-electron chi connectivity index (χ4n) is 2.05. The van der Waals surface area contributed by atoms with Crippen molar-refractivity contribution in [3.63, 3.8) is 0 Å². The zero-order chi connectivity index (χ0) is 14.1. The number of ether oxygens (including phenoxy) is 2. The molecule has 19 heavy (non-hydrogen) atoms. The van der Waals surface area contributed by atoms with Gasteiger partial charge in [0.2, 0.25) is 0 Å². The SMILES string of the molecule is CCc1ccc(OCCNC(CC)CC)c(OC)c1. The van der Waals surface area contributed by atoms with E-state index in [9.17, 15) is 0 Å². The van der Waals surface area contributed by atoms with Gasteiger partial charge in [0.05, 0.1) is 7.11 Å². The summed E-state index contributed by atoms with van der Waals surface area (Å²) in [6.07, 6.45) is 3.32. The Labute approximate surface area is 117 Å². The largest absolute Gasteiger partial charge is 0.493 e. The molecule has 0 amide bonds. The van der Waals surface area contributed by atoms with Crippen molar-refractivity contribution in [2.24, 2.45) is 0 Å². The zero-order valence-corrected chi connectivity index (χ0v) is 12.7. The van der Waals surface area contributed by atoms with Crippen LogP contribution < -0.4 is 14.8 Å². The van der Waals surface area contributed by atoms with E-state index in [0.717, 1.165) is 37.3 Å². The van der Waals surface area contributed by atoms with Gasteiger partial charge >= 0.3 is 0 Å². The van der Waals surface area contributed by atoms with Crippen molar-refractivity contribution in [1.82, 2.24) is 5.32 Å². The summed E-state index contributed by atoms with van der Waals surface area (Å²) in [5, 5.41) is 3.48. The van der Waals surface area contributed by atoms with Crippen molar-refractivity contribution in [3.8, 4) is 11.5 Å². The third kappa shape index (κ3) is 5.11. The highest BCUT2D eigenvalue weighted by molar-refractivity contribution is 5.42. The Morgan fingerprint density at radius 1 is 1.11 bits per heavy atom. The number of methoxy groups -OCH3 is 1. The summed E-state index contributed by atoms with van der Waals surface area (Å²) in [5.41, 5.74) is 1.26. The first-order valence-electron chi connectivity index (χ1n) is 7.28. The number of hydrogen-bond acceptors (Lipinski definition) is 3. The predicted octanol–water partition coefficient (Wildman–Crippen LogP) is 3.41. The lowest BCUT2D eigenvalue weighted by atomic mass is 10.1. The van der Waals surface area contributed by atoms with E-state index in [2.05, 4.69) is 32.2 Å². The maximum atomic E-state index is 5.78. The van der Waals surface area contributed by atoms with Gasteiger partial charge < -0.3 is 14.8 Å². The molecule has 0 fully saturated rings. The topological polar surface area (TPSA) is 30.5 Å². The molecule has 0 spiro atoms. The molecule has 1 rings (SSSR count). The molecule has 108 valence electrons. The van der Waals surface area contributed by atoms with E-state index in [-0.39, 0.29) is 0 Å². The molecule has 0 heterocycles. The van der Waals surface area contributed by atoms with Crippen molar-refractivity contribution in [1.29, 1.82) is 0 Å². The molecule has 0 aliphatic rings. The van der Waals surface area contributed by atoms with Gasteiger partial charge in [0.25, 0.3) is 0 Å². The van der Waals surface area contributed by atoms with E-state index in [1.165, 1.54) is 5.56 Å². The summed E-state index contributed by atoms with van der Waals surface area (Å²) in [4.78, 5) is 0. The fraction of sp³-hybridized carbons (Fsp3) is 0.625. The summed E-state index contributed by atoms with van der Waals surface area (Å²) in [7, 11) is 1.68. The molecule has 0 unspecified atom stereocenters. The van der Waals surface area contributed by atoms with E-state index in [0.29, 0.717) is 12.6 Å². The molecule has 3 nitrogen and oxygen atoms in total. The average Bonchev–Trinajstić information content (AvgIpc) is 2.47. The molecule has 0 atom stereocenters. The molecule has 0 aliphatic heterocycles. The lowest BCUT2D eigenvalue weighted by Crippen LogP contribution is -2.31. The van der Waals surface area contributed by atoms with Crippen LogP contribution >= 0.6 is 0 Å². The molecule has 1 aromatic carbocycles. The van der Waals surface area contributed by atoms with Crippen molar-refractivity contribution in [2.75, 3.05) is 20.3 Å². The van der Waals surface area contributed by atoms with Crippen LogP contribution in [-0.4, -0.2) is 26.3 Å². The highest BCUT2D eigenvalue weighted by atomic mass is 16.5. The molecule has 0 saturated heterocycles. The van der Waals surface area contributed by atoms with E-state index in [4.69, 9.17) is 9.47 Å². The monoisotopic (exact) mass is 265 g/mol. The molecule has 0 aliphatic carbocycles. The highest BCUT2D eigenvalue weighted by Gasteiger charge is 2.06. The molecule has 0 saturated carbocycles. The first kappa shape index (κ1) is 15.8.